The van der Waals surface area contributed by atoms with Gasteiger partial charge in [0.05, 0.1) is 42.0 Å². The number of benzene rings is 1. The lowest BCUT2D eigenvalue weighted by molar-refractivity contribution is 0.0921. The Morgan fingerprint density at radius 3 is 2.96 bits per heavy atom. The van der Waals surface area contributed by atoms with Gasteiger partial charge < -0.3 is 19.6 Å². The van der Waals surface area contributed by atoms with Gasteiger partial charge in [0.15, 0.2) is 5.78 Å². The molecule has 0 amide bonds. The Kier molecular flexibility index (Phi) is 3.87. The summed E-state index contributed by atoms with van der Waals surface area (Å²) < 4.78 is 11.3. The summed E-state index contributed by atoms with van der Waals surface area (Å²) in [6.07, 6.45) is 9.48. The van der Waals surface area contributed by atoms with Crippen LogP contribution >= 0.6 is 0 Å². The number of aliphatic hydroxyl groups excluding tert-OH is 1. The molecule has 2 N–H and O–H groups in total. The number of rotatable bonds is 3. The molecule has 0 fully saturated rings. The van der Waals surface area contributed by atoms with Gasteiger partial charge in [0, 0.05) is 5.56 Å². The normalized spacial score (nSPS) is 20.9. The van der Waals surface area contributed by atoms with E-state index in [2.05, 4.69) is 11.4 Å². The second-order valence-electron chi connectivity index (χ2n) is 6.90. The highest BCUT2D eigenvalue weighted by molar-refractivity contribution is 6.14. The van der Waals surface area contributed by atoms with E-state index in [0.717, 1.165) is 10.9 Å². The van der Waals surface area contributed by atoms with E-state index in [-0.39, 0.29) is 11.5 Å². The van der Waals surface area contributed by atoms with Crippen LogP contribution in [-0.4, -0.2) is 24.0 Å². The maximum atomic E-state index is 13.3. The van der Waals surface area contributed by atoms with Crippen molar-refractivity contribution in [3.63, 3.8) is 0 Å². The van der Waals surface area contributed by atoms with Crippen LogP contribution in [-0.2, 0) is 6.42 Å². The molecule has 1 aromatic carbocycles. The summed E-state index contributed by atoms with van der Waals surface area (Å²) in [5, 5.41) is 14.4. The minimum atomic E-state index is -0.470. The Balaban J connectivity index is 2.01. The Hall–Kier alpha value is -2.95. The standard InChI is InChI=1S/C21H21NO4/c1-11(2)7-8-13-18-16(21(25-3)14-9-10-26-20(13)14)19(24)12-5-4-6-15(23)17(12)22-18/h4-7,9-10,12,17,22-23H,8H2,1-3H3/t12-,17-/m1/s1. The third-order valence-electron chi connectivity index (χ3n) is 4.99. The topological polar surface area (TPSA) is 71.7 Å². The number of furan rings is 1. The van der Waals surface area contributed by atoms with Crippen molar-refractivity contribution in [2.24, 2.45) is 5.92 Å². The lowest BCUT2D eigenvalue weighted by Crippen LogP contribution is -2.41. The molecule has 2 atom stereocenters. The molecule has 0 spiro atoms. The molecule has 1 aliphatic heterocycles. The van der Waals surface area contributed by atoms with Gasteiger partial charge in [-0.15, -0.1) is 0 Å². The summed E-state index contributed by atoms with van der Waals surface area (Å²) in [5.41, 5.74) is 3.99. The third kappa shape index (κ3) is 2.35. The zero-order valence-electron chi connectivity index (χ0n) is 15.0. The number of fused-ring (bicyclic) bond motifs is 3. The molecule has 0 saturated heterocycles. The number of aliphatic hydroxyl groups is 1. The zero-order chi connectivity index (χ0) is 18.4. The molecular weight excluding hydrogens is 330 g/mol. The van der Waals surface area contributed by atoms with Gasteiger partial charge in [-0.1, -0.05) is 23.8 Å². The highest BCUT2D eigenvalue weighted by atomic mass is 16.5. The van der Waals surface area contributed by atoms with Crippen LogP contribution < -0.4 is 10.1 Å². The predicted octanol–water partition coefficient (Wildman–Crippen LogP) is 4.55. The minimum Gasteiger partial charge on any atom is -0.510 e. The molecule has 0 radical (unpaired) electrons. The number of nitrogens with one attached hydrogen (secondary N) is 1. The molecule has 0 unspecified atom stereocenters. The Labute approximate surface area is 151 Å². The van der Waals surface area contributed by atoms with E-state index in [9.17, 15) is 9.90 Å². The van der Waals surface area contributed by atoms with E-state index in [1.807, 2.05) is 26.0 Å². The smallest absolute Gasteiger partial charge is 0.178 e. The molecular formula is C21H21NO4. The van der Waals surface area contributed by atoms with Crippen LogP contribution in [0.4, 0.5) is 5.69 Å². The first-order chi connectivity index (χ1) is 12.5. The Bertz CT molecular complexity index is 989. The lowest BCUT2D eigenvalue weighted by Gasteiger charge is -2.35. The van der Waals surface area contributed by atoms with E-state index in [0.29, 0.717) is 29.0 Å². The first-order valence-corrected chi connectivity index (χ1v) is 8.64. The summed E-state index contributed by atoms with van der Waals surface area (Å²) in [6.45, 7) is 4.06. The molecule has 1 aliphatic carbocycles. The number of carbonyl (C=O) groups excluding carboxylic acids is 1. The van der Waals surface area contributed by atoms with Crippen molar-refractivity contribution in [1.29, 1.82) is 0 Å². The molecule has 134 valence electrons. The van der Waals surface area contributed by atoms with Crippen molar-refractivity contribution in [2.45, 2.75) is 26.3 Å². The molecule has 2 aromatic rings. The number of methoxy groups -OCH3 is 1. The molecule has 2 heterocycles. The molecule has 2 aliphatic rings. The van der Waals surface area contributed by atoms with Gasteiger partial charge in [0.25, 0.3) is 0 Å². The molecule has 26 heavy (non-hydrogen) atoms. The van der Waals surface area contributed by atoms with Crippen molar-refractivity contribution in [3.05, 3.63) is 59.1 Å². The molecule has 1 aromatic heterocycles. The van der Waals surface area contributed by atoms with E-state index in [4.69, 9.17) is 9.15 Å². The molecule has 0 bridgehead atoms. The van der Waals surface area contributed by atoms with Gasteiger partial charge in [-0.2, -0.15) is 0 Å². The largest absolute Gasteiger partial charge is 0.510 e. The number of hydrogen-bond donors (Lipinski definition) is 2. The summed E-state index contributed by atoms with van der Waals surface area (Å²) in [4.78, 5) is 13.3. The van der Waals surface area contributed by atoms with Gasteiger partial charge in [0.1, 0.15) is 17.1 Å². The lowest BCUT2D eigenvalue weighted by atomic mass is 9.80. The zero-order valence-corrected chi connectivity index (χ0v) is 15.0. The van der Waals surface area contributed by atoms with Crippen molar-refractivity contribution in [1.82, 2.24) is 0 Å². The van der Waals surface area contributed by atoms with Crippen LogP contribution in [0.1, 0.15) is 29.8 Å². The summed E-state index contributed by atoms with van der Waals surface area (Å²) in [7, 11) is 1.56. The van der Waals surface area contributed by atoms with Crippen molar-refractivity contribution in [2.75, 3.05) is 12.4 Å². The molecule has 4 rings (SSSR count). The van der Waals surface area contributed by atoms with Crippen molar-refractivity contribution >= 4 is 22.4 Å². The first kappa shape index (κ1) is 16.5. The second-order valence-corrected chi connectivity index (χ2v) is 6.90. The Morgan fingerprint density at radius 2 is 2.23 bits per heavy atom. The van der Waals surface area contributed by atoms with E-state index < -0.39 is 12.0 Å². The number of allylic oxidation sites excluding steroid dienone is 4. The number of ketones is 1. The van der Waals surface area contributed by atoms with Gasteiger partial charge in [0.2, 0.25) is 0 Å². The van der Waals surface area contributed by atoms with Crippen molar-refractivity contribution < 1.29 is 19.1 Å². The maximum absolute atomic E-state index is 13.3. The van der Waals surface area contributed by atoms with Crippen LogP contribution in [0.25, 0.3) is 11.0 Å². The highest BCUT2D eigenvalue weighted by Crippen LogP contribution is 2.46. The summed E-state index contributed by atoms with van der Waals surface area (Å²) in [6, 6.07) is 1.36. The van der Waals surface area contributed by atoms with Crippen LogP contribution in [0.2, 0.25) is 0 Å². The van der Waals surface area contributed by atoms with E-state index in [1.165, 1.54) is 5.57 Å². The number of anilines is 1. The monoisotopic (exact) mass is 351 g/mol. The fraction of sp³-hybridized carbons (Fsp3) is 0.286. The molecule has 5 nitrogen and oxygen atoms in total. The summed E-state index contributed by atoms with van der Waals surface area (Å²) >= 11 is 0. The van der Waals surface area contributed by atoms with Crippen LogP contribution in [0, 0.1) is 5.92 Å². The van der Waals surface area contributed by atoms with Crippen molar-refractivity contribution in [3.8, 4) is 5.75 Å². The first-order valence-electron chi connectivity index (χ1n) is 8.64. The summed E-state index contributed by atoms with van der Waals surface area (Å²) in [5.74, 6) is 0.159. The van der Waals surface area contributed by atoms with Gasteiger partial charge >= 0.3 is 0 Å². The minimum absolute atomic E-state index is 0.0574. The fourth-order valence-electron chi connectivity index (χ4n) is 3.74. The molecule has 5 heteroatoms. The van der Waals surface area contributed by atoms with Gasteiger partial charge in [-0.25, -0.2) is 0 Å². The predicted molar refractivity (Wildman–Crippen MR) is 101 cm³/mol. The third-order valence-corrected chi connectivity index (χ3v) is 4.99. The number of carbonyl (C=O) groups is 1. The maximum Gasteiger partial charge on any atom is 0.178 e. The second kappa shape index (κ2) is 6.09. The van der Waals surface area contributed by atoms with Gasteiger partial charge in [-0.3, -0.25) is 4.79 Å². The quantitative estimate of drug-likeness (QED) is 0.794. The average Bonchev–Trinajstić information content (AvgIpc) is 3.09. The number of ether oxygens (including phenoxy) is 1. The van der Waals surface area contributed by atoms with Crippen LogP contribution in [0.3, 0.4) is 0 Å². The molecule has 0 saturated carbocycles. The number of hydrogen-bond acceptors (Lipinski definition) is 5. The van der Waals surface area contributed by atoms with Crippen LogP contribution in [0.15, 0.2) is 52.4 Å². The van der Waals surface area contributed by atoms with Crippen LogP contribution in [0.5, 0.6) is 5.75 Å². The van der Waals surface area contributed by atoms with E-state index >= 15 is 0 Å². The number of Topliss-reactive ketones (excluding diaryl/α,β-unsaturated/α-hetero) is 1. The fourth-order valence-corrected chi connectivity index (χ4v) is 3.74. The average molecular weight is 351 g/mol. The SMILES string of the molecule is COc1c2c(c(CC=C(C)C)c3occc13)N[C@H]1C(O)=CC=C[C@H]1C2=O. The van der Waals surface area contributed by atoms with Gasteiger partial charge in [-0.05, 0) is 32.4 Å². The highest BCUT2D eigenvalue weighted by Gasteiger charge is 2.41. The van der Waals surface area contributed by atoms with E-state index in [1.54, 1.807) is 25.5 Å². The Morgan fingerprint density at radius 1 is 1.42 bits per heavy atom.